The molecule has 67 heavy (non-hydrogen) atoms. The van der Waals surface area contributed by atoms with Crippen LogP contribution in [0.1, 0.15) is 85.2 Å². The van der Waals surface area contributed by atoms with Gasteiger partial charge in [0, 0.05) is 0 Å². The first-order valence-electron chi connectivity index (χ1n) is 21.0. The fraction of sp³-hybridized carbons (Fsp3) is 0.326. The first kappa shape index (κ1) is 46.1. The molecule has 9 N–H and O–H groups in total. The average Bonchev–Trinajstić information content (AvgIpc) is 4.06. The Morgan fingerprint density at radius 3 is 1.58 bits per heavy atom. The lowest BCUT2D eigenvalue weighted by atomic mass is 9.89. The van der Waals surface area contributed by atoms with Gasteiger partial charge in [0.1, 0.15) is 66.4 Å². The Labute approximate surface area is 381 Å². The van der Waals surface area contributed by atoms with E-state index in [9.17, 15) is 29.7 Å². The van der Waals surface area contributed by atoms with E-state index in [1.165, 1.54) is 19.6 Å². The highest BCUT2D eigenvalue weighted by Gasteiger charge is 2.61. The number of rotatable bonds is 10. The molecule has 2 aliphatic rings. The molecule has 2 aliphatic heterocycles. The number of carbonyl (C=O) groups excluding carboxylic acids is 3. The summed E-state index contributed by atoms with van der Waals surface area (Å²) in [6.45, 7) is 7.98. The third-order valence-electron chi connectivity index (χ3n) is 11.8. The first-order valence-corrected chi connectivity index (χ1v) is 21.0. The SMILES string of the molecule is C[C@@]1(O)[C@H](O)C(CO)O[C@H]1c1[nH]nc2c(N)ncnc12.Cc1ccc(C(=O)OCC2O[C@@H](c3[nH]nc4c(N)ncnc34)[C@](C)(OC(=O)c3ccc(C)cc3)[C@@H]2OC(=O)c2ccc(C)cc2)cc1. The van der Waals surface area contributed by atoms with E-state index >= 15 is 0 Å². The van der Waals surface area contributed by atoms with Gasteiger partial charge in [0.15, 0.2) is 34.4 Å². The van der Waals surface area contributed by atoms with Crippen molar-refractivity contribution in [3.63, 3.8) is 0 Å². The van der Waals surface area contributed by atoms with Gasteiger partial charge < -0.3 is 50.5 Å². The normalized spacial score (nSPS) is 24.5. The molecule has 2 saturated heterocycles. The lowest BCUT2D eigenvalue weighted by molar-refractivity contribution is -0.0894. The van der Waals surface area contributed by atoms with Crippen LogP contribution >= 0.6 is 0 Å². The van der Waals surface area contributed by atoms with Crippen LogP contribution in [0.2, 0.25) is 0 Å². The van der Waals surface area contributed by atoms with Crippen molar-refractivity contribution in [2.75, 3.05) is 24.7 Å². The number of nitrogen functional groups attached to an aromatic ring is 2. The van der Waals surface area contributed by atoms with Crippen LogP contribution in [-0.2, 0) is 23.7 Å². The number of nitrogens with zero attached hydrogens (tertiary/aromatic N) is 6. The maximum atomic E-state index is 13.7. The Hall–Kier alpha value is -7.43. The fourth-order valence-electron chi connectivity index (χ4n) is 7.96. The zero-order chi connectivity index (χ0) is 47.8. The monoisotopic (exact) mass is 916 g/mol. The van der Waals surface area contributed by atoms with Crippen molar-refractivity contribution in [3.05, 3.63) is 130 Å². The van der Waals surface area contributed by atoms with Crippen molar-refractivity contribution < 1.29 is 53.4 Å². The van der Waals surface area contributed by atoms with Gasteiger partial charge in [0.25, 0.3) is 0 Å². The van der Waals surface area contributed by atoms with Gasteiger partial charge in [0.05, 0.1) is 34.7 Å². The molecule has 348 valence electrons. The summed E-state index contributed by atoms with van der Waals surface area (Å²) < 4.78 is 30.0. The van der Waals surface area contributed by atoms with Gasteiger partial charge in [0.2, 0.25) is 0 Å². The molecular weight excluding hydrogens is 869 g/mol. The summed E-state index contributed by atoms with van der Waals surface area (Å²) >= 11 is 0. The van der Waals surface area contributed by atoms with Crippen LogP contribution in [0, 0.1) is 20.8 Å². The van der Waals surface area contributed by atoms with E-state index in [1.54, 1.807) is 79.7 Å². The molecule has 2 unspecified atom stereocenters. The van der Waals surface area contributed by atoms with Gasteiger partial charge in [-0.2, -0.15) is 10.2 Å². The Bertz CT molecular complexity index is 2930. The molecule has 21 nitrogen and oxygen atoms in total. The summed E-state index contributed by atoms with van der Waals surface area (Å²) in [5.74, 6) is -1.65. The standard InChI is InChI=1S/C35H33N5O7.C11H15N5O4/c1-19-5-11-22(12-6-19)32(41)44-17-25-29(46-33(42)23-13-7-20(2)8-14-23)35(4,47-34(43)24-15-9-21(3)10-16-24)30(45-25)27-26-28(40-39-27)31(36)38-18-37-26;1-11(19)8(18)4(2-17)20-9(11)6-5-7(16-15-6)10(12)14-3-13-5/h5-16,18,25,29-30H,17H2,1-4H3,(H,39,40)(H2,36,37,38);3-4,8-9,17-19H,2H2,1H3,(H,15,16)(H2,12,13,14)/t25?,29-,30+,35-;4?,8-,9+,11-/m11/s1. The third kappa shape index (κ3) is 8.97. The summed E-state index contributed by atoms with van der Waals surface area (Å²) in [7, 11) is 0. The smallest absolute Gasteiger partial charge is 0.338 e. The maximum absolute atomic E-state index is 13.7. The number of fused-ring (bicyclic) bond motifs is 2. The van der Waals surface area contributed by atoms with Crippen molar-refractivity contribution in [2.24, 2.45) is 0 Å². The van der Waals surface area contributed by atoms with Gasteiger partial charge in [-0.3, -0.25) is 10.2 Å². The predicted octanol–water partition coefficient (Wildman–Crippen LogP) is 3.48. The number of aliphatic hydroxyl groups is 3. The molecule has 21 heteroatoms. The van der Waals surface area contributed by atoms with Gasteiger partial charge >= 0.3 is 17.9 Å². The number of nitrogens with one attached hydrogen (secondary N) is 2. The number of aromatic amines is 2. The number of nitrogens with two attached hydrogens (primary N) is 2. The summed E-state index contributed by atoms with van der Waals surface area (Å²) in [5, 5.41) is 43.5. The van der Waals surface area contributed by atoms with Gasteiger partial charge in [-0.15, -0.1) is 0 Å². The zero-order valence-electron chi connectivity index (χ0n) is 36.9. The van der Waals surface area contributed by atoms with Gasteiger partial charge in [-0.05, 0) is 71.0 Å². The molecular formula is C46H48N10O11. The summed E-state index contributed by atoms with van der Waals surface area (Å²) in [6, 6.07) is 20.6. The molecule has 0 saturated carbocycles. The third-order valence-corrected chi connectivity index (χ3v) is 11.8. The van der Waals surface area contributed by atoms with E-state index in [1.807, 2.05) is 20.8 Å². The number of hydrogen-bond donors (Lipinski definition) is 7. The number of aliphatic hydroxyl groups excluding tert-OH is 2. The average molecular weight is 917 g/mol. The molecule has 0 bridgehead atoms. The minimum Gasteiger partial charge on any atom is -0.459 e. The Kier molecular flexibility index (Phi) is 12.7. The van der Waals surface area contributed by atoms with Crippen molar-refractivity contribution in [3.8, 4) is 0 Å². The lowest BCUT2D eigenvalue weighted by Gasteiger charge is -2.34. The topological polar surface area (TPSA) is 319 Å². The van der Waals surface area contributed by atoms with E-state index in [4.69, 9.17) is 35.2 Å². The molecule has 0 amide bonds. The second-order valence-corrected chi connectivity index (χ2v) is 16.7. The van der Waals surface area contributed by atoms with Crippen LogP contribution in [0.5, 0.6) is 0 Å². The highest BCUT2D eigenvalue weighted by molar-refractivity contribution is 5.92. The lowest BCUT2D eigenvalue weighted by Crippen LogP contribution is -2.49. The minimum absolute atomic E-state index is 0.125. The Morgan fingerprint density at radius 1 is 0.657 bits per heavy atom. The number of H-pyrrole nitrogens is 2. The predicted molar refractivity (Wildman–Crippen MR) is 238 cm³/mol. The van der Waals surface area contributed by atoms with Crippen LogP contribution in [0.15, 0.2) is 85.5 Å². The largest absolute Gasteiger partial charge is 0.459 e. The number of aromatic nitrogens is 8. The van der Waals surface area contributed by atoms with Crippen LogP contribution in [0.25, 0.3) is 22.1 Å². The maximum Gasteiger partial charge on any atom is 0.338 e. The van der Waals surface area contributed by atoms with Crippen molar-refractivity contribution in [1.29, 1.82) is 0 Å². The van der Waals surface area contributed by atoms with Crippen molar-refractivity contribution in [1.82, 2.24) is 40.3 Å². The van der Waals surface area contributed by atoms with Gasteiger partial charge in [-0.25, -0.2) is 34.3 Å². The van der Waals surface area contributed by atoms with Crippen LogP contribution < -0.4 is 11.5 Å². The zero-order valence-corrected chi connectivity index (χ0v) is 36.9. The molecule has 3 aromatic carbocycles. The van der Waals surface area contributed by atoms with E-state index in [-0.39, 0.29) is 34.9 Å². The van der Waals surface area contributed by atoms with Gasteiger partial charge in [-0.1, -0.05) is 53.1 Å². The van der Waals surface area contributed by atoms with Crippen LogP contribution in [-0.4, -0.2) is 122 Å². The number of anilines is 2. The number of carbonyl (C=O) groups is 3. The molecule has 6 heterocycles. The molecule has 2 fully saturated rings. The van der Waals surface area contributed by atoms with Crippen molar-refractivity contribution >= 4 is 51.6 Å². The highest BCUT2D eigenvalue weighted by atomic mass is 16.7. The fourth-order valence-corrected chi connectivity index (χ4v) is 7.96. The number of benzene rings is 3. The number of hydrogen-bond acceptors (Lipinski definition) is 19. The molecule has 0 spiro atoms. The number of esters is 3. The number of aryl methyl sites for hydroxylation is 3. The van der Waals surface area contributed by atoms with Crippen LogP contribution in [0.4, 0.5) is 11.6 Å². The van der Waals surface area contributed by atoms with Crippen LogP contribution in [0.3, 0.4) is 0 Å². The van der Waals surface area contributed by atoms with E-state index in [0.717, 1.165) is 16.7 Å². The molecule has 0 radical (unpaired) electrons. The second kappa shape index (κ2) is 18.5. The van der Waals surface area contributed by atoms with E-state index in [0.29, 0.717) is 33.5 Å². The first-order chi connectivity index (χ1) is 32.0. The molecule has 9 rings (SSSR count). The second-order valence-electron chi connectivity index (χ2n) is 16.7. The van der Waals surface area contributed by atoms with E-state index in [2.05, 4.69) is 40.3 Å². The Morgan fingerprint density at radius 2 is 1.10 bits per heavy atom. The summed E-state index contributed by atoms with van der Waals surface area (Å²) in [6.07, 6.45) is -3.94. The quantitative estimate of drug-likeness (QED) is 0.0763. The Balaban J connectivity index is 0.000000252. The summed E-state index contributed by atoms with van der Waals surface area (Å²) in [5.41, 5.74) is 14.3. The number of ether oxygens (including phenoxy) is 5. The molecule has 0 aliphatic carbocycles. The minimum atomic E-state index is -1.69. The van der Waals surface area contributed by atoms with E-state index < -0.39 is 72.3 Å². The molecule has 4 aromatic heterocycles. The molecule has 7 aromatic rings. The molecule has 8 atom stereocenters. The highest BCUT2D eigenvalue weighted by Crippen LogP contribution is 2.48. The summed E-state index contributed by atoms with van der Waals surface area (Å²) in [4.78, 5) is 56.6. The van der Waals surface area contributed by atoms with Crippen molar-refractivity contribution in [2.45, 2.75) is 82.4 Å².